The molecule has 128 valence electrons. The lowest BCUT2D eigenvalue weighted by atomic mass is 10.0. The summed E-state index contributed by atoms with van der Waals surface area (Å²) in [6, 6.07) is 14.8. The van der Waals surface area contributed by atoms with E-state index in [0.717, 1.165) is 15.7 Å². The maximum absolute atomic E-state index is 12.4. The molecular formula is C20H19BrN2O2. The second-order valence-electron chi connectivity index (χ2n) is 6.29. The number of nitrogens with zero attached hydrogens (tertiary/aromatic N) is 1. The molecule has 1 heterocycles. The Morgan fingerprint density at radius 3 is 2.52 bits per heavy atom. The molecule has 1 N–H and O–H groups in total. The van der Waals surface area contributed by atoms with E-state index in [0.29, 0.717) is 11.3 Å². The van der Waals surface area contributed by atoms with Crippen molar-refractivity contribution in [2.75, 3.05) is 5.32 Å². The number of carbonyl (C=O) groups is 1. The van der Waals surface area contributed by atoms with E-state index in [1.807, 2.05) is 36.4 Å². The van der Waals surface area contributed by atoms with Gasteiger partial charge in [-0.2, -0.15) is 0 Å². The molecule has 0 spiro atoms. The highest BCUT2D eigenvalue weighted by atomic mass is 79.9. The van der Waals surface area contributed by atoms with E-state index in [1.54, 1.807) is 16.8 Å². The SMILES string of the molecule is CC(C)c1ccc(NC(=O)Cn2ccc(=O)c3cc(Br)ccc32)cc1. The summed E-state index contributed by atoms with van der Waals surface area (Å²) < 4.78 is 2.62. The van der Waals surface area contributed by atoms with Gasteiger partial charge in [0.25, 0.3) is 0 Å². The fourth-order valence-electron chi connectivity index (χ4n) is 2.73. The van der Waals surface area contributed by atoms with E-state index < -0.39 is 0 Å². The smallest absolute Gasteiger partial charge is 0.244 e. The van der Waals surface area contributed by atoms with E-state index >= 15 is 0 Å². The second-order valence-corrected chi connectivity index (χ2v) is 7.21. The highest BCUT2D eigenvalue weighted by molar-refractivity contribution is 9.10. The van der Waals surface area contributed by atoms with Crippen LogP contribution < -0.4 is 10.7 Å². The van der Waals surface area contributed by atoms with Gasteiger partial charge in [-0.3, -0.25) is 9.59 Å². The molecule has 0 atom stereocenters. The molecule has 5 heteroatoms. The van der Waals surface area contributed by atoms with Gasteiger partial charge in [-0.15, -0.1) is 0 Å². The third-order valence-electron chi connectivity index (χ3n) is 4.11. The third kappa shape index (κ3) is 3.99. The first-order valence-corrected chi connectivity index (χ1v) is 8.92. The fourth-order valence-corrected chi connectivity index (χ4v) is 3.09. The average molecular weight is 399 g/mol. The summed E-state index contributed by atoms with van der Waals surface area (Å²) in [6.07, 6.45) is 1.65. The summed E-state index contributed by atoms with van der Waals surface area (Å²) in [4.78, 5) is 24.4. The van der Waals surface area contributed by atoms with Crippen LogP contribution in [0.15, 0.2) is 64.0 Å². The van der Waals surface area contributed by atoms with Crippen LogP contribution in [0.25, 0.3) is 10.9 Å². The maximum atomic E-state index is 12.4. The molecule has 0 bridgehead atoms. The first-order valence-electron chi connectivity index (χ1n) is 8.12. The lowest BCUT2D eigenvalue weighted by Crippen LogP contribution is -2.20. The molecule has 1 amide bonds. The Morgan fingerprint density at radius 2 is 1.84 bits per heavy atom. The number of benzene rings is 2. The van der Waals surface area contributed by atoms with Crippen LogP contribution in [0.2, 0.25) is 0 Å². The molecule has 0 saturated carbocycles. The van der Waals surface area contributed by atoms with Crippen molar-refractivity contribution in [1.82, 2.24) is 4.57 Å². The van der Waals surface area contributed by atoms with Crippen LogP contribution in [0.5, 0.6) is 0 Å². The molecule has 0 aliphatic heterocycles. The third-order valence-corrected chi connectivity index (χ3v) is 4.61. The minimum atomic E-state index is -0.134. The summed E-state index contributed by atoms with van der Waals surface area (Å²) in [7, 11) is 0. The largest absolute Gasteiger partial charge is 0.338 e. The van der Waals surface area contributed by atoms with Crippen LogP contribution in [-0.2, 0) is 11.3 Å². The molecule has 3 rings (SSSR count). The van der Waals surface area contributed by atoms with Gasteiger partial charge in [0.2, 0.25) is 5.91 Å². The number of hydrogen-bond donors (Lipinski definition) is 1. The lowest BCUT2D eigenvalue weighted by molar-refractivity contribution is -0.116. The van der Waals surface area contributed by atoms with Crippen molar-refractivity contribution in [1.29, 1.82) is 0 Å². The Bertz CT molecular complexity index is 975. The topological polar surface area (TPSA) is 51.1 Å². The van der Waals surface area contributed by atoms with E-state index in [-0.39, 0.29) is 17.9 Å². The van der Waals surface area contributed by atoms with Gasteiger partial charge >= 0.3 is 0 Å². The molecular weight excluding hydrogens is 380 g/mol. The quantitative estimate of drug-likeness (QED) is 0.701. The zero-order valence-electron chi connectivity index (χ0n) is 14.1. The fraction of sp³-hybridized carbons (Fsp3) is 0.200. The minimum absolute atomic E-state index is 0.0581. The van der Waals surface area contributed by atoms with Crippen molar-refractivity contribution in [2.24, 2.45) is 0 Å². The zero-order valence-corrected chi connectivity index (χ0v) is 15.7. The van der Waals surface area contributed by atoms with Crippen molar-refractivity contribution < 1.29 is 4.79 Å². The van der Waals surface area contributed by atoms with Gasteiger partial charge in [-0.25, -0.2) is 0 Å². The Labute approximate surface area is 154 Å². The van der Waals surface area contributed by atoms with E-state index in [4.69, 9.17) is 0 Å². The monoisotopic (exact) mass is 398 g/mol. The molecule has 0 aliphatic rings. The van der Waals surface area contributed by atoms with Crippen LogP contribution >= 0.6 is 15.9 Å². The Kier molecular flexibility index (Phi) is 5.04. The zero-order chi connectivity index (χ0) is 18.0. The van der Waals surface area contributed by atoms with Crippen molar-refractivity contribution in [3.05, 3.63) is 75.0 Å². The number of halogens is 1. The van der Waals surface area contributed by atoms with Crippen molar-refractivity contribution in [2.45, 2.75) is 26.3 Å². The van der Waals surface area contributed by atoms with Crippen LogP contribution in [0.1, 0.15) is 25.3 Å². The molecule has 3 aromatic rings. The van der Waals surface area contributed by atoms with Crippen molar-refractivity contribution in [3.8, 4) is 0 Å². The van der Waals surface area contributed by atoms with Gasteiger partial charge in [0.1, 0.15) is 6.54 Å². The lowest BCUT2D eigenvalue weighted by Gasteiger charge is -2.12. The molecule has 0 aliphatic carbocycles. The number of fused-ring (bicyclic) bond motifs is 1. The number of anilines is 1. The molecule has 0 fully saturated rings. The summed E-state index contributed by atoms with van der Waals surface area (Å²) in [5.74, 6) is 0.321. The molecule has 0 radical (unpaired) electrons. The predicted octanol–water partition coefficient (Wildman–Crippen LogP) is 4.53. The average Bonchev–Trinajstić information content (AvgIpc) is 2.58. The molecule has 25 heavy (non-hydrogen) atoms. The maximum Gasteiger partial charge on any atom is 0.244 e. The van der Waals surface area contributed by atoms with E-state index in [1.165, 1.54) is 11.6 Å². The number of rotatable bonds is 4. The van der Waals surface area contributed by atoms with Gasteiger partial charge in [-0.1, -0.05) is 41.9 Å². The number of aromatic nitrogens is 1. The highest BCUT2D eigenvalue weighted by Crippen LogP contribution is 2.18. The molecule has 0 saturated heterocycles. The first kappa shape index (κ1) is 17.4. The minimum Gasteiger partial charge on any atom is -0.338 e. The number of pyridine rings is 1. The number of amides is 1. The number of nitrogens with one attached hydrogen (secondary N) is 1. The number of hydrogen-bond acceptors (Lipinski definition) is 2. The number of carbonyl (C=O) groups excluding carboxylic acids is 1. The van der Waals surface area contributed by atoms with Crippen LogP contribution in [0.4, 0.5) is 5.69 Å². The standard InChI is InChI=1S/C20H19BrN2O2/c1-13(2)14-3-6-16(7-4-14)22-20(25)12-23-10-9-19(24)17-11-15(21)5-8-18(17)23/h3-11,13H,12H2,1-2H3,(H,22,25). The first-order chi connectivity index (χ1) is 11.9. The van der Waals surface area contributed by atoms with Gasteiger partial charge in [0, 0.05) is 27.8 Å². The van der Waals surface area contributed by atoms with E-state index in [9.17, 15) is 9.59 Å². The van der Waals surface area contributed by atoms with Gasteiger partial charge in [0.15, 0.2) is 5.43 Å². The van der Waals surface area contributed by atoms with Crippen molar-refractivity contribution >= 4 is 38.4 Å². The Balaban J connectivity index is 1.80. The predicted molar refractivity (Wildman–Crippen MR) is 105 cm³/mol. The van der Waals surface area contributed by atoms with Gasteiger partial charge in [0.05, 0.1) is 5.52 Å². The highest BCUT2D eigenvalue weighted by Gasteiger charge is 2.08. The van der Waals surface area contributed by atoms with Gasteiger partial charge < -0.3 is 9.88 Å². The van der Waals surface area contributed by atoms with Crippen LogP contribution in [0, 0.1) is 0 Å². The molecule has 2 aromatic carbocycles. The molecule has 4 nitrogen and oxygen atoms in total. The Hall–Kier alpha value is -2.40. The van der Waals surface area contributed by atoms with Crippen LogP contribution in [0.3, 0.4) is 0 Å². The summed E-state index contributed by atoms with van der Waals surface area (Å²) in [6.45, 7) is 4.41. The van der Waals surface area contributed by atoms with Gasteiger partial charge in [-0.05, 0) is 41.8 Å². The van der Waals surface area contributed by atoms with E-state index in [2.05, 4.69) is 35.1 Å². The molecule has 0 unspecified atom stereocenters. The van der Waals surface area contributed by atoms with Crippen LogP contribution in [-0.4, -0.2) is 10.5 Å². The Morgan fingerprint density at radius 1 is 1.12 bits per heavy atom. The van der Waals surface area contributed by atoms with Crippen molar-refractivity contribution in [3.63, 3.8) is 0 Å². The summed E-state index contributed by atoms with van der Waals surface area (Å²) >= 11 is 3.37. The normalized spacial score (nSPS) is 11.0. The summed E-state index contributed by atoms with van der Waals surface area (Å²) in [5, 5.41) is 3.49. The summed E-state index contributed by atoms with van der Waals surface area (Å²) in [5.41, 5.74) is 2.68. The molecule has 1 aromatic heterocycles. The second kappa shape index (κ2) is 7.23.